The van der Waals surface area contributed by atoms with E-state index in [1.165, 1.54) is 14.0 Å². The van der Waals surface area contributed by atoms with Crippen molar-refractivity contribution in [2.24, 2.45) is 5.92 Å². The van der Waals surface area contributed by atoms with Crippen molar-refractivity contribution in [2.45, 2.75) is 25.4 Å². The van der Waals surface area contributed by atoms with Gasteiger partial charge in [0.1, 0.15) is 11.8 Å². The first-order chi connectivity index (χ1) is 10.7. The molecule has 23 heavy (non-hydrogen) atoms. The first kappa shape index (κ1) is 16.5. The Labute approximate surface area is 129 Å². The Balaban J connectivity index is 2.70. The van der Waals surface area contributed by atoms with Crippen LogP contribution in [0.1, 0.15) is 13.3 Å². The number of carbonyl (C=O) groups excluding carboxylic acids is 1. The van der Waals surface area contributed by atoms with Gasteiger partial charge in [0.05, 0.1) is 17.1 Å². The molecule has 11 heteroatoms. The van der Waals surface area contributed by atoms with Crippen LogP contribution in [-0.2, 0) is 9.53 Å². The van der Waals surface area contributed by atoms with Crippen molar-refractivity contribution in [1.82, 2.24) is 4.90 Å². The molecular weight excluding hydrogens is 314 g/mol. The molecule has 126 valence electrons. The lowest BCUT2D eigenvalue weighted by Crippen LogP contribution is -2.58. The van der Waals surface area contributed by atoms with Gasteiger partial charge in [0, 0.05) is 18.4 Å². The molecule has 0 fully saturated rings. The Morgan fingerprint density at radius 2 is 2.00 bits per heavy atom. The number of rotatable bonds is 4. The maximum atomic E-state index is 12.0. The minimum atomic E-state index is -1.69. The molecule has 0 aromatic carbocycles. The summed E-state index contributed by atoms with van der Waals surface area (Å²) in [6, 6.07) is -2.58. The van der Waals surface area contributed by atoms with Crippen LogP contribution in [0.4, 0.5) is 0 Å². The molecule has 11 nitrogen and oxygen atoms in total. The number of carbonyl (C=O) groups is 1. The highest BCUT2D eigenvalue weighted by molar-refractivity contribution is 5.90. The van der Waals surface area contributed by atoms with E-state index in [2.05, 4.69) is 0 Å². The van der Waals surface area contributed by atoms with Crippen LogP contribution >= 0.6 is 0 Å². The third kappa shape index (κ3) is 2.43. The monoisotopic (exact) mass is 329 g/mol. The summed E-state index contributed by atoms with van der Waals surface area (Å²) in [5.41, 5.74) is -1.45. The number of likely N-dealkylation sites (N-methyl/N-ethyl adjacent to an activating group) is 1. The van der Waals surface area contributed by atoms with Gasteiger partial charge in [-0.25, -0.2) is 4.79 Å². The summed E-state index contributed by atoms with van der Waals surface area (Å²) >= 11 is 0. The van der Waals surface area contributed by atoms with Gasteiger partial charge in [0.25, 0.3) is 11.9 Å². The Hall–Kier alpha value is -2.85. The van der Waals surface area contributed by atoms with E-state index in [1.54, 1.807) is 0 Å². The molecule has 0 aromatic heterocycles. The van der Waals surface area contributed by atoms with Crippen molar-refractivity contribution in [2.75, 3.05) is 13.7 Å². The fraction of sp³-hybridized carbons (Fsp3) is 0.583. The zero-order chi connectivity index (χ0) is 17.5. The van der Waals surface area contributed by atoms with Crippen LogP contribution in [0, 0.1) is 26.1 Å². The first-order valence-corrected chi connectivity index (χ1v) is 6.75. The molecule has 0 radical (unpaired) electrons. The number of fused-ring (bicyclic) bond motifs is 2. The van der Waals surface area contributed by atoms with Gasteiger partial charge in [-0.2, -0.15) is 0 Å². The van der Waals surface area contributed by atoms with Crippen LogP contribution in [0.5, 0.6) is 0 Å². The van der Waals surface area contributed by atoms with Crippen molar-refractivity contribution in [3.63, 3.8) is 0 Å². The topological polar surface area (TPSA) is 156 Å². The highest BCUT2D eigenvalue weighted by Gasteiger charge is 2.61. The van der Waals surface area contributed by atoms with Gasteiger partial charge < -0.3 is 19.8 Å². The standard InChI is InChI=1S/C12H15N3O8/c1-3-23-12(18)7-6(16)4-5-9(14(19)20)8(7)10(15(21)22)11(17)13(5)2/h5,8-9,16-17H,3-4H2,1-2H3/t5-,8-,9-/m0/s1. The predicted molar refractivity (Wildman–Crippen MR) is 73.4 cm³/mol. The second kappa shape index (κ2) is 5.74. The van der Waals surface area contributed by atoms with Crippen molar-refractivity contribution < 1.29 is 29.6 Å². The largest absolute Gasteiger partial charge is 0.512 e. The van der Waals surface area contributed by atoms with E-state index in [9.17, 15) is 35.2 Å². The minimum absolute atomic E-state index is 0.0711. The highest BCUT2D eigenvalue weighted by atomic mass is 16.6. The summed E-state index contributed by atoms with van der Waals surface area (Å²) in [7, 11) is 1.25. The van der Waals surface area contributed by atoms with E-state index >= 15 is 0 Å². The van der Waals surface area contributed by atoms with Gasteiger partial charge in [-0.3, -0.25) is 20.2 Å². The maximum absolute atomic E-state index is 12.0. The number of aliphatic hydroxyl groups is 2. The number of nitrogens with zero attached hydrogens (tertiary/aromatic N) is 3. The number of ether oxygens (including phenoxy) is 1. The zero-order valence-electron chi connectivity index (χ0n) is 12.3. The van der Waals surface area contributed by atoms with Gasteiger partial charge in [-0.15, -0.1) is 0 Å². The average molecular weight is 329 g/mol. The summed E-state index contributed by atoms with van der Waals surface area (Å²) in [5.74, 6) is -4.03. The summed E-state index contributed by atoms with van der Waals surface area (Å²) in [6.07, 6.45) is -0.304. The molecule has 1 aliphatic heterocycles. The molecule has 0 amide bonds. The predicted octanol–water partition coefficient (Wildman–Crippen LogP) is 0.345. The molecule has 2 N–H and O–H groups in total. The van der Waals surface area contributed by atoms with Crippen molar-refractivity contribution in [3.05, 3.63) is 43.1 Å². The number of nitro groups is 2. The summed E-state index contributed by atoms with van der Waals surface area (Å²) in [5, 5.41) is 42.8. The molecule has 2 bridgehead atoms. The van der Waals surface area contributed by atoms with Crippen molar-refractivity contribution in [1.29, 1.82) is 0 Å². The lowest BCUT2D eigenvalue weighted by atomic mass is 9.74. The van der Waals surface area contributed by atoms with Gasteiger partial charge in [0.15, 0.2) is 5.92 Å². The molecule has 1 heterocycles. The van der Waals surface area contributed by atoms with E-state index < -0.39 is 56.7 Å². The normalized spacial score (nSPS) is 27.0. The molecule has 0 unspecified atom stereocenters. The fourth-order valence-electron chi connectivity index (χ4n) is 3.05. The number of hydrogen-bond donors (Lipinski definition) is 2. The van der Waals surface area contributed by atoms with Crippen LogP contribution in [0.15, 0.2) is 22.9 Å². The lowest BCUT2D eigenvalue weighted by Gasteiger charge is -2.40. The molecule has 0 saturated carbocycles. The molecule has 1 aliphatic carbocycles. The molecular formula is C12H15N3O8. The second-order valence-corrected chi connectivity index (χ2v) is 5.18. The Kier molecular flexibility index (Phi) is 4.12. The van der Waals surface area contributed by atoms with E-state index in [-0.39, 0.29) is 13.0 Å². The first-order valence-electron chi connectivity index (χ1n) is 6.75. The van der Waals surface area contributed by atoms with Gasteiger partial charge in [-0.1, -0.05) is 0 Å². The van der Waals surface area contributed by atoms with Crippen LogP contribution in [0.25, 0.3) is 0 Å². The fourth-order valence-corrected chi connectivity index (χ4v) is 3.05. The Morgan fingerprint density at radius 1 is 1.39 bits per heavy atom. The van der Waals surface area contributed by atoms with E-state index in [4.69, 9.17) is 4.74 Å². The summed E-state index contributed by atoms with van der Waals surface area (Å²) in [4.78, 5) is 34.0. The molecule has 2 rings (SSSR count). The molecule has 0 spiro atoms. The van der Waals surface area contributed by atoms with E-state index in [0.717, 1.165) is 4.90 Å². The summed E-state index contributed by atoms with van der Waals surface area (Å²) < 4.78 is 4.74. The molecule has 0 aromatic rings. The highest BCUT2D eigenvalue weighted by Crippen LogP contribution is 2.43. The van der Waals surface area contributed by atoms with Crippen LogP contribution < -0.4 is 0 Å². The van der Waals surface area contributed by atoms with Gasteiger partial charge >= 0.3 is 11.7 Å². The molecule has 0 saturated heterocycles. The number of aliphatic hydroxyl groups excluding tert-OH is 2. The number of hydrogen-bond acceptors (Lipinski definition) is 9. The maximum Gasteiger partial charge on any atom is 0.338 e. The van der Waals surface area contributed by atoms with Crippen LogP contribution in [-0.4, -0.2) is 56.7 Å². The van der Waals surface area contributed by atoms with Crippen LogP contribution in [0.3, 0.4) is 0 Å². The summed E-state index contributed by atoms with van der Waals surface area (Å²) in [6.45, 7) is 1.42. The Bertz CT molecular complexity index is 640. The smallest absolute Gasteiger partial charge is 0.338 e. The van der Waals surface area contributed by atoms with Gasteiger partial charge in [-0.05, 0) is 6.92 Å². The van der Waals surface area contributed by atoms with Crippen molar-refractivity contribution >= 4 is 5.97 Å². The lowest BCUT2D eigenvalue weighted by molar-refractivity contribution is -0.551. The number of esters is 1. The quantitative estimate of drug-likeness (QED) is 0.421. The SMILES string of the molecule is CCOC(=O)C1=C(O)C[C@H]2[C@H]([N+](=O)[O-])[C@H]1C([N+](=O)[O-])=C(O)N2C. The van der Waals surface area contributed by atoms with E-state index in [1.807, 2.05) is 0 Å². The third-order valence-electron chi connectivity index (χ3n) is 4.05. The third-order valence-corrected chi connectivity index (χ3v) is 4.05. The van der Waals surface area contributed by atoms with Crippen LogP contribution in [0.2, 0.25) is 0 Å². The van der Waals surface area contributed by atoms with Gasteiger partial charge in [0.2, 0.25) is 0 Å². The zero-order valence-corrected chi connectivity index (χ0v) is 12.3. The average Bonchev–Trinajstić information content (AvgIpc) is 2.44. The van der Waals surface area contributed by atoms with E-state index in [0.29, 0.717) is 0 Å². The second-order valence-electron chi connectivity index (χ2n) is 5.18. The molecule has 2 aliphatic rings. The Morgan fingerprint density at radius 3 is 2.48 bits per heavy atom. The minimum Gasteiger partial charge on any atom is -0.512 e. The molecule has 3 atom stereocenters. The van der Waals surface area contributed by atoms with Crippen molar-refractivity contribution in [3.8, 4) is 0 Å².